The molecule has 3 rings (SSSR count). The van der Waals surface area contributed by atoms with E-state index in [0.29, 0.717) is 23.9 Å². The van der Waals surface area contributed by atoms with E-state index < -0.39 is 0 Å². The Morgan fingerprint density at radius 3 is 3.09 bits per heavy atom. The van der Waals surface area contributed by atoms with Gasteiger partial charge in [-0.3, -0.25) is 9.89 Å². The summed E-state index contributed by atoms with van der Waals surface area (Å²) < 4.78 is 0. The van der Waals surface area contributed by atoms with E-state index in [-0.39, 0.29) is 5.91 Å². The number of aromatic amines is 1. The van der Waals surface area contributed by atoms with Crippen LogP contribution in [-0.4, -0.2) is 34.2 Å². The Labute approximate surface area is 129 Å². The molecular formula is C16H21N5O. The molecule has 0 unspecified atom stereocenters. The van der Waals surface area contributed by atoms with Gasteiger partial charge in [0.25, 0.3) is 5.91 Å². The van der Waals surface area contributed by atoms with Crippen LogP contribution in [0.1, 0.15) is 46.3 Å². The first-order valence-corrected chi connectivity index (χ1v) is 7.69. The molecule has 0 saturated carbocycles. The molecule has 1 fully saturated rings. The zero-order chi connectivity index (χ0) is 15.4. The van der Waals surface area contributed by atoms with Crippen molar-refractivity contribution in [1.29, 1.82) is 0 Å². The highest BCUT2D eigenvalue weighted by Gasteiger charge is 2.16. The molecule has 1 saturated heterocycles. The second-order valence-corrected chi connectivity index (χ2v) is 5.69. The van der Waals surface area contributed by atoms with E-state index in [1.54, 1.807) is 0 Å². The molecule has 1 aliphatic rings. The molecule has 116 valence electrons. The number of H-pyrrole nitrogens is 1. The number of aromatic nitrogens is 3. The van der Waals surface area contributed by atoms with E-state index in [2.05, 4.69) is 31.9 Å². The number of carbonyl (C=O) groups is 1. The predicted octanol–water partition coefficient (Wildman–Crippen LogP) is 1.51. The van der Waals surface area contributed by atoms with Crippen LogP contribution in [0.25, 0.3) is 0 Å². The molecular weight excluding hydrogens is 278 g/mol. The third-order valence-electron chi connectivity index (χ3n) is 3.97. The lowest BCUT2D eigenvalue weighted by atomic mass is 9.90. The van der Waals surface area contributed by atoms with E-state index in [9.17, 15) is 4.79 Å². The molecule has 0 spiro atoms. The summed E-state index contributed by atoms with van der Waals surface area (Å²) >= 11 is 0. The fraction of sp³-hybridized carbons (Fsp3) is 0.438. The summed E-state index contributed by atoms with van der Waals surface area (Å²) in [5, 5.41) is 13.0. The quantitative estimate of drug-likeness (QED) is 0.799. The molecule has 2 heterocycles. The number of nitrogens with one attached hydrogen (secondary N) is 3. The maximum atomic E-state index is 12.3. The lowest BCUT2D eigenvalue weighted by molar-refractivity contribution is 0.0949. The van der Waals surface area contributed by atoms with Crippen molar-refractivity contribution in [2.24, 2.45) is 0 Å². The Hall–Kier alpha value is -2.21. The van der Waals surface area contributed by atoms with Crippen molar-refractivity contribution < 1.29 is 4.79 Å². The van der Waals surface area contributed by atoms with Crippen molar-refractivity contribution in [1.82, 2.24) is 25.8 Å². The number of rotatable bonds is 4. The molecule has 0 aliphatic carbocycles. The van der Waals surface area contributed by atoms with Crippen molar-refractivity contribution in [3.05, 3.63) is 47.0 Å². The molecule has 0 bridgehead atoms. The number of benzene rings is 1. The number of amides is 1. The average molecular weight is 299 g/mol. The van der Waals surface area contributed by atoms with Crippen LogP contribution in [0.4, 0.5) is 0 Å². The normalized spacial score (nSPS) is 18.1. The molecule has 6 nitrogen and oxygen atoms in total. The van der Waals surface area contributed by atoms with Gasteiger partial charge in [-0.25, -0.2) is 4.98 Å². The summed E-state index contributed by atoms with van der Waals surface area (Å²) in [6.07, 6.45) is 2.36. The minimum atomic E-state index is -0.0897. The largest absolute Gasteiger partial charge is 0.345 e. The highest BCUT2D eigenvalue weighted by molar-refractivity contribution is 5.94. The minimum Gasteiger partial charge on any atom is -0.345 e. The Balaban J connectivity index is 1.64. The van der Waals surface area contributed by atoms with Crippen LogP contribution in [-0.2, 0) is 6.54 Å². The second-order valence-electron chi connectivity index (χ2n) is 5.69. The highest BCUT2D eigenvalue weighted by Crippen LogP contribution is 2.23. The molecule has 2 aromatic rings. The third kappa shape index (κ3) is 3.51. The van der Waals surface area contributed by atoms with Gasteiger partial charge in [-0.15, -0.1) is 0 Å². The maximum Gasteiger partial charge on any atom is 0.251 e. The van der Waals surface area contributed by atoms with Crippen LogP contribution in [0.2, 0.25) is 0 Å². The molecule has 1 atom stereocenters. The van der Waals surface area contributed by atoms with Crippen LogP contribution >= 0.6 is 0 Å². The SMILES string of the molecule is Cc1nc(CNC(=O)c2cccc([C@@H]3CCCNC3)c2)n[nH]1. The number of carbonyl (C=O) groups excluding carboxylic acids is 1. The molecule has 6 heteroatoms. The molecule has 1 amide bonds. The monoisotopic (exact) mass is 299 g/mol. The first kappa shape index (κ1) is 14.7. The molecule has 1 aromatic heterocycles. The zero-order valence-corrected chi connectivity index (χ0v) is 12.7. The Morgan fingerprint density at radius 2 is 2.36 bits per heavy atom. The van der Waals surface area contributed by atoms with E-state index >= 15 is 0 Å². The van der Waals surface area contributed by atoms with Crippen molar-refractivity contribution in [2.45, 2.75) is 32.2 Å². The van der Waals surface area contributed by atoms with Gasteiger partial charge in [0.05, 0.1) is 6.54 Å². The summed E-state index contributed by atoms with van der Waals surface area (Å²) in [7, 11) is 0. The van der Waals surface area contributed by atoms with Gasteiger partial charge in [0.15, 0.2) is 5.82 Å². The topological polar surface area (TPSA) is 82.7 Å². The van der Waals surface area contributed by atoms with Gasteiger partial charge >= 0.3 is 0 Å². The molecule has 22 heavy (non-hydrogen) atoms. The lowest BCUT2D eigenvalue weighted by Gasteiger charge is -2.23. The summed E-state index contributed by atoms with van der Waals surface area (Å²) in [6, 6.07) is 7.90. The number of nitrogens with zero attached hydrogens (tertiary/aromatic N) is 2. The van der Waals surface area contributed by atoms with E-state index in [1.165, 1.54) is 18.4 Å². The maximum absolute atomic E-state index is 12.3. The van der Waals surface area contributed by atoms with Gasteiger partial charge < -0.3 is 10.6 Å². The number of hydrogen-bond acceptors (Lipinski definition) is 4. The Morgan fingerprint density at radius 1 is 1.45 bits per heavy atom. The molecule has 0 radical (unpaired) electrons. The van der Waals surface area contributed by atoms with Crippen molar-refractivity contribution in [3.63, 3.8) is 0 Å². The summed E-state index contributed by atoms with van der Waals surface area (Å²) in [4.78, 5) is 16.4. The van der Waals surface area contributed by atoms with Gasteiger partial charge in [0.1, 0.15) is 5.82 Å². The average Bonchev–Trinajstić information content (AvgIpc) is 2.99. The van der Waals surface area contributed by atoms with Gasteiger partial charge in [-0.2, -0.15) is 5.10 Å². The predicted molar refractivity (Wildman–Crippen MR) is 83.6 cm³/mol. The van der Waals surface area contributed by atoms with Crippen LogP contribution in [0.5, 0.6) is 0 Å². The third-order valence-corrected chi connectivity index (χ3v) is 3.97. The Kier molecular flexibility index (Phi) is 4.48. The van der Waals surface area contributed by atoms with E-state index in [1.807, 2.05) is 25.1 Å². The van der Waals surface area contributed by atoms with Gasteiger partial charge in [-0.05, 0) is 49.9 Å². The van der Waals surface area contributed by atoms with Crippen LogP contribution in [0, 0.1) is 6.92 Å². The molecule has 1 aromatic carbocycles. The van der Waals surface area contributed by atoms with Gasteiger partial charge in [-0.1, -0.05) is 12.1 Å². The first-order chi connectivity index (χ1) is 10.7. The van der Waals surface area contributed by atoms with Gasteiger partial charge in [0, 0.05) is 12.1 Å². The summed E-state index contributed by atoms with van der Waals surface area (Å²) in [5.74, 6) is 1.75. The molecule has 3 N–H and O–H groups in total. The lowest BCUT2D eigenvalue weighted by Crippen LogP contribution is -2.28. The fourth-order valence-corrected chi connectivity index (χ4v) is 2.80. The van der Waals surface area contributed by atoms with Crippen LogP contribution in [0.15, 0.2) is 24.3 Å². The number of aryl methyl sites for hydroxylation is 1. The smallest absolute Gasteiger partial charge is 0.251 e. The fourth-order valence-electron chi connectivity index (χ4n) is 2.80. The highest BCUT2D eigenvalue weighted by atomic mass is 16.1. The standard InChI is InChI=1S/C16H21N5O/c1-11-19-15(21-20-11)10-18-16(22)13-5-2-4-12(8-13)14-6-3-7-17-9-14/h2,4-5,8,14,17H,3,6-7,9-10H2,1H3,(H,18,22)(H,19,20,21)/t14-/m1/s1. The van der Waals surface area contributed by atoms with E-state index in [4.69, 9.17) is 0 Å². The van der Waals surface area contributed by atoms with Crippen LogP contribution in [0.3, 0.4) is 0 Å². The second kappa shape index (κ2) is 6.70. The van der Waals surface area contributed by atoms with E-state index in [0.717, 1.165) is 18.9 Å². The zero-order valence-electron chi connectivity index (χ0n) is 12.7. The van der Waals surface area contributed by atoms with Crippen molar-refractivity contribution in [2.75, 3.05) is 13.1 Å². The minimum absolute atomic E-state index is 0.0897. The number of hydrogen-bond donors (Lipinski definition) is 3. The first-order valence-electron chi connectivity index (χ1n) is 7.69. The van der Waals surface area contributed by atoms with Crippen molar-refractivity contribution >= 4 is 5.91 Å². The molecule has 1 aliphatic heterocycles. The van der Waals surface area contributed by atoms with Gasteiger partial charge in [0.2, 0.25) is 0 Å². The van der Waals surface area contributed by atoms with Crippen molar-refractivity contribution in [3.8, 4) is 0 Å². The Bertz CT molecular complexity index is 645. The van der Waals surface area contributed by atoms with Crippen LogP contribution < -0.4 is 10.6 Å². The summed E-state index contributed by atoms with van der Waals surface area (Å²) in [6.45, 7) is 4.24. The summed E-state index contributed by atoms with van der Waals surface area (Å²) in [5.41, 5.74) is 1.92. The number of piperidine rings is 1.